The van der Waals surface area contributed by atoms with Crippen LogP contribution in [0, 0.1) is 0 Å². The summed E-state index contributed by atoms with van der Waals surface area (Å²) in [6.45, 7) is 3.41. The van der Waals surface area contributed by atoms with E-state index in [4.69, 9.17) is 0 Å². The number of hydrogen-bond acceptors (Lipinski definition) is 1. The summed E-state index contributed by atoms with van der Waals surface area (Å²) in [5.74, 6) is 0.0616. The van der Waals surface area contributed by atoms with Gasteiger partial charge < -0.3 is 4.79 Å². The first-order chi connectivity index (χ1) is 7.84. The Morgan fingerprint density at radius 3 is 2.12 bits per heavy atom. The number of benzene rings is 1. The zero-order valence-electron chi connectivity index (χ0n) is 9.84. The van der Waals surface area contributed by atoms with Crippen molar-refractivity contribution in [2.75, 3.05) is 0 Å². The van der Waals surface area contributed by atoms with Crippen molar-refractivity contribution in [3.05, 3.63) is 35.4 Å². The normalized spacial score (nSPS) is 13.5. The van der Waals surface area contributed by atoms with Crippen LogP contribution < -0.4 is 0 Å². The van der Waals surface area contributed by atoms with Gasteiger partial charge in [0.1, 0.15) is 5.78 Å². The van der Waals surface area contributed by atoms with Crippen LogP contribution in [0.25, 0.3) is 0 Å². The molecule has 1 rings (SSSR count). The number of alkyl halides is 3. The van der Waals surface area contributed by atoms with E-state index in [0.717, 1.165) is 24.1 Å². The molecular weight excluding hydrogens is 229 g/mol. The first kappa shape index (κ1) is 13.7. The molecule has 0 aliphatic carbocycles. The number of hydrogen-bond donors (Lipinski definition) is 0. The van der Waals surface area contributed by atoms with Gasteiger partial charge in [0.25, 0.3) is 0 Å². The lowest BCUT2D eigenvalue weighted by Crippen LogP contribution is -2.07. The van der Waals surface area contributed by atoms with E-state index in [2.05, 4.69) is 0 Å². The minimum absolute atomic E-state index is 0.00906. The summed E-state index contributed by atoms with van der Waals surface area (Å²) in [5, 5.41) is 0. The van der Waals surface area contributed by atoms with Crippen molar-refractivity contribution in [3.8, 4) is 0 Å². The zero-order valence-corrected chi connectivity index (χ0v) is 9.84. The molecule has 0 aliphatic rings. The van der Waals surface area contributed by atoms with Crippen molar-refractivity contribution in [1.29, 1.82) is 0 Å². The number of halogens is 3. The van der Waals surface area contributed by atoms with Crippen LogP contribution in [-0.4, -0.2) is 5.78 Å². The highest BCUT2D eigenvalue weighted by atomic mass is 19.4. The molecule has 0 radical (unpaired) electrons. The molecule has 94 valence electrons. The third kappa shape index (κ3) is 3.88. The van der Waals surface area contributed by atoms with Crippen molar-refractivity contribution in [1.82, 2.24) is 0 Å². The van der Waals surface area contributed by atoms with E-state index in [1.807, 2.05) is 6.92 Å². The Labute approximate surface area is 98.6 Å². The highest BCUT2D eigenvalue weighted by Crippen LogP contribution is 2.31. The van der Waals surface area contributed by atoms with E-state index in [1.54, 1.807) is 0 Å². The summed E-state index contributed by atoms with van der Waals surface area (Å²) < 4.78 is 37.1. The molecule has 0 fully saturated rings. The maximum atomic E-state index is 12.4. The van der Waals surface area contributed by atoms with E-state index in [0.29, 0.717) is 6.42 Å². The van der Waals surface area contributed by atoms with E-state index < -0.39 is 11.7 Å². The highest BCUT2D eigenvalue weighted by molar-refractivity contribution is 5.76. The molecule has 0 N–H and O–H groups in total. The number of ketones is 1. The van der Waals surface area contributed by atoms with Crippen molar-refractivity contribution in [2.24, 2.45) is 0 Å². The molecule has 0 amide bonds. The lowest BCUT2D eigenvalue weighted by molar-refractivity contribution is -0.137. The van der Waals surface area contributed by atoms with E-state index in [1.165, 1.54) is 19.1 Å². The standard InChI is InChI=1S/C13H15F3O/c1-3-10(8-9(2)17)11-4-6-12(7-5-11)13(14,15)16/h4-7,10H,3,8H2,1-2H3. The molecule has 1 nitrogen and oxygen atoms in total. The molecule has 0 aromatic heterocycles. The van der Waals surface area contributed by atoms with Gasteiger partial charge in [-0.3, -0.25) is 0 Å². The van der Waals surface area contributed by atoms with Gasteiger partial charge in [0.2, 0.25) is 0 Å². The zero-order chi connectivity index (χ0) is 13.1. The lowest BCUT2D eigenvalue weighted by Gasteiger charge is -2.14. The van der Waals surface area contributed by atoms with Gasteiger partial charge in [0.05, 0.1) is 5.56 Å². The summed E-state index contributed by atoms with van der Waals surface area (Å²) in [4.78, 5) is 11.0. The smallest absolute Gasteiger partial charge is 0.300 e. The van der Waals surface area contributed by atoms with Gasteiger partial charge in [-0.2, -0.15) is 13.2 Å². The molecule has 4 heteroatoms. The monoisotopic (exact) mass is 244 g/mol. The Morgan fingerprint density at radius 1 is 1.24 bits per heavy atom. The Hall–Kier alpha value is -1.32. The van der Waals surface area contributed by atoms with Gasteiger partial charge in [-0.25, -0.2) is 0 Å². The second kappa shape index (κ2) is 5.34. The number of carbonyl (C=O) groups excluding carboxylic acids is 1. The summed E-state index contributed by atoms with van der Waals surface area (Å²) in [6, 6.07) is 5.05. The van der Waals surface area contributed by atoms with Crippen LogP contribution in [0.1, 0.15) is 43.7 Å². The van der Waals surface area contributed by atoms with Gasteiger partial charge in [-0.1, -0.05) is 19.1 Å². The van der Waals surface area contributed by atoms with Crippen LogP contribution >= 0.6 is 0 Å². The van der Waals surface area contributed by atoms with Crippen LogP contribution in [0.15, 0.2) is 24.3 Å². The highest BCUT2D eigenvalue weighted by Gasteiger charge is 2.30. The van der Waals surface area contributed by atoms with Gasteiger partial charge in [0, 0.05) is 6.42 Å². The molecule has 1 aromatic carbocycles. The fourth-order valence-corrected chi connectivity index (χ4v) is 1.79. The number of rotatable bonds is 4. The van der Waals surface area contributed by atoms with Gasteiger partial charge in [-0.05, 0) is 37.0 Å². The maximum Gasteiger partial charge on any atom is 0.416 e. The molecule has 0 spiro atoms. The van der Waals surface area contributed by atoms with Crippen molar-refractivity contribution in [3.63, 3.8) is 0 Å². The predicted octanol–water partition coefficient (Wildman–Crippen LogP) is 4.18. The summed E-state index contributed by atoms with van der Waals surface area (Å²) in [6.07, 6.45) is -3.19. The van der Waals surface area contributed by atoms with Crippen LogP contribution in [0.4, 0.5) is 13.2 Å². The van der Waals surface area contributed by atoms with Gasteiger partial charge in [-0.15, -0.1) is 0 Å². The summed E-state index contributed by atoms with van der Waals surface area (Å²) >= 11 is 0. The molecule has 17 heavy (non-hydrogen) atoms. The fraction of sp³-hybridized carbons (Fsp3) is 0.462. The minimum Gasteiger partial charge on any atom is -0.300 e. The van der Waals surface area contributed by atoms with Crippen LogP contribution in [0.2, 0.25) is 0 Å². The van der Waals surface area contributed by atoms with E-state index in [-0.39, 0.29) is 11.7 Å². The molecule has 0 saturated heterocycles. The number of Topliss-reactive ketones (excluding diaryl/α,β-unsaturated/α-hetero) is 1. The summed E-state index contributed by atoms with van der Waals surface area (Å²) in [5.41, 5.74) is 0.134. The molecular formula is C13H15F3O. The molecule has 0 aliphatic heterocycles. The average Bonchev–Trinajstić information content (AvgIpc) is 2.24. The Bertz CT molecular complexity index is 379. The maximum absolute atomic E-state index is 12.4. The largest absolute Gasteiger partial charge is 0.416 e. The SMILES string of the molecule is CCC(CC(C)=O)c1ccc(C(F)(F)F)cc1. The van der Waals surface area contributed by atoms with Crippen molar-refractivity contribution >= 4 is 5.78 Å². The second-order valence-electron chi connectivity index (χ2n) is 4.13. The van der Waals surface area contributed by atoms with Gasteiger partial charge in [0.15, 0.2) is 0 Å². The first-order valence-corrected chi connectivity index (χ1v) is 5.51. The van der Waals surface area contributed by atoms with Crippen LogP contribution in [-0.2, 0) is 11.0 Å². The Kier molecular flexibility index (Phi) is 4.32. The molecule has 0 bridgehead atoms. The number of carbonyl (C=O) groups is 1. The van der Waals surface area contributed by atoms with Crippen molar-refractivity contribution in [2.45, 2.75) is 38.8 Å². The molecule has 1 atom stereocenters. The first-order valence-electron chi connectivity index (χ1n) is 5.51. The molecule has 0 saturated carbocycles. The fourth-order valence-electron chi connectivity index (χ4n) is 1.79. The third-order valence-corrected chi connectivity index (χ3v) is 2.74. The Morgan fingerprint density at radius 2 is 1.76 bits per heavy atom. The predicted molar refractivity (Wildman–Crippen MR) is 59.8 cm³/mol. The topological polar surface area (TPSA) is 17.1 Å². The Balaban J connectivity index is 2.89. The second-order valence-corrected chi connectivity index (χ2v) is 4.13. The van der Waals surface area contributed by atoms with E-state index >= 15 is 0 Å². The minimum atomic E-state index is -4.30. The van der Waals surface area contributed by atoms with E-state index in [9.17, 15) is 18.0 Å². The molecule has 0 heterocycles. The third-order valence-electron chi connectivity index (χ3n) is 2.74. The summed E-state index contributed by atoms with van der Waals surface area (Å²) in [7, 11) is 0. The lowest BCUT2D eigenvalue weighted by atomic mass is 9.91. The quantitative estimate of drug-likeness (QED) is 0.776. The van der Waals surface area contributed by atoms with Crippen LogP contribution in [0.3, 0.4) is 0 Å². The average molecular weight is 244 g/mol. The van der Waals surface area contributed by atoms with Gasteiger partial charge >= 0.3 is 6.18 Å². The molecule has 1 aromatic rings. The molecule has 1 unspecified atom stereocenters. The van der Waals surface area contributed by atoms with Crippen LogP contribution in [0.5, 0.6) is 0 Å². The van der Waals surface area contributed by atoms with Crippen molar-refractivity contribution < 1.29 is 18.0 Å².